The Bertz CT molecular complexity index is 930. The van der Waals surface area contributed by atoms with Gasteiger partial charge in [0.05, 0.1) is 11.4 Å². The Hall–Kier alpha value is -2.23. The van der Waals surface area contributed by atoms with Crippen LogP contribution < -0.4 is 10.6 Å². The lowest BCUT2D eigenvalue weighted by Gasteiger charge is -2.17. The minimum atomic E-state index is -3.76. The van der Waals surface area contributed by atoms with Crippen LogP contribution in [0.1, 0.15) is 15.9 Å². The van der Waals surface area contributed by atoms with E-state index in [2.05, 4.69) is 26.6 Å². The number of amides is 2. The summed E-state index contributed by atoms with van der Waals surface area (Å²) in [5.74, 6) is -0.660. The molecule has 2 N–H and O–H groups in total. The second-order valence-corrected chi connectivity index (χ2v) is 8.73. The molecule has 0 aromatic heterocycles. The van der Waals surface area contributed by atoms with Crippen LogP contribution in [0.4, 0.5) is 0 Å². The zero-order chi connectivity index (χ0) is 20.0. The standard InChI is InChI=1S/C18H20BrN3O4S/c1-20-18(24)14-5-3-4-13(10-14)11-21-17(23)12-22(2)27(25,26)16-8-6-15(19)7-9-16/h3-10H,11-12H2,1-2H3,(H,20,24)(H,21,23). The molecule has 0 bridgehead atoms. The first-order chi connectivity index (χ1) is 12.7. The van der Waals surface area contributed by atoms with Gasteiger partial charge in [0, 0.05) is 30.7 Å². The quantitative estimate of drug-likeness (QED) is 0.667. The lowest BCUT2D eigenvalue weighted by Crippen LogP contribution is -2.38. The smallest absolute Gasteiger partial charge is 0.251 e. The number of carbonyl (C=O) groups excluding carboxylic acids is 2. The van der Waals surface area contributed by atoms with Gasteiger partial charge in [-0.1, -0.05) is 28.1 Å². The van der Waals surface area contributed by atoms with Crippen LogP contribution in [-0.2, 0) is 21.4 Å². The molecule has 144 valence electrons. The van der Waals surface area contributed by atoms with Gasteiger partial charge >= 0.3 is 0 Å². The minimum absolute atomic E-state index is 0.110. The van der Waals surface area contributed by atoms with Crippen LogP contribution in [0.3, 0.4) is 0 Å². The Morgan fingerprint density at radius 2 is 1.78 bits per heavy atom. The van der Waals surface area contributed by atoms with Crippen LogP contribution in [0.2, 0.25) is 0 Å². The molecule has 0 saturated carbocycles. The SMILES string of the molecule is CNC(=O)c1cccc(CNC(=O)CN(C)S(=O)(=O)c2ccc(Br)cc2)c1. The third-order valence-electron chi connectivity index (χ3n) is 3.79. The summed E-state index contributed by atoms with van der Waals surface area (Å²) in [6.45, 7) is -0.122. The van der Waals surface area contributed by atoms with Gasteiger partial charge in [-0.2, -0.15) is 4.31 Å². The van der Waals surface area contributed by atoms with Crippen molar-refractivity contribution in [2.75, 3.05) is 20.6 Å². The number of hydrogen-bond acceptors (Lipinski definition) is 4. The predicted octanol–water partition coefficient (Wildman–Crippen LogP) is 1.75. The van der Waals surface area contributed by atoms with Crippen molar-refractivity contribution in [3.8, 4) is 0 Å². The first-order valence-corrected chi connectivity index (χ1v) is 10.3. The van der Waals surface area contributed by atoms with Gasteiger partial charge < -0.3 is 10.6 Å². The molecule has 2 aromatic carbocycles. The lowest BCUT2D eigenvalue weighted by molar-refractivity contribution is -0.121. The average Bonchev–Trinajstić information content (AvgIpc) is 2.66. The Kier molecular flexibility index (Phi) is 7.11. The fraction of sp³-hybridized carbons (Fsp3) is 0.222. The molecular weight excluding hydrogens is 434 g/mol. The van der Waals surface area contributed by atoms with E-state index in [9.17, 15) is 18.0 Å². The highest BCUT2D eigenvalue weighted by atomic mass is 79.9. The first kappa shape index (κ1) is 21.1. The normalized spacial score (nSPS) is 11.3. The molecule has 2 amide bonds. The average molecular weight is 454 g/mol. The number of benzene rings is 2. The van der Waals surface area contributed by atoms with Crippen LogP contribution >= 0.6 is 15.9 Å². The van der Waals surface area contributed by atoms with Gasteiger partial charge in [0.25, 0.3) is 5.91 Å². The molecule has 2 aromatic rings. The van der Waals surface area contributed by atoms with Crippen molar-refractivity contribution < 1.29 is 18.0 Å². The van der Waals surface area contributed by atoms with E-state index in [0.29, 0.717) is 5.56 Å². The van der Waals surface area contributed by atoms with Gasteiger partial charge in [-0.3, -0.25) is 9.59 Å². The maximum absolute atomic E-state index is 12.5. The summed E-state index contributed by atoms with van der Waals surface area (Å²) >= 11 is 3.25. The zero-order valence-corrected chi connectivity index (χ0v) is 17.3. The van der Waals surface area contributed by atoms with Gasteiger partial charge in [0.15, 0.2) is 0 Å². The van der Waals surface area contributed by atoms with Crippen molar-refractivity contribution in [3.63, 3.8) is 0 Å². The molecule has 0 fully saturated rings. The minimum Gasteiger partial charge on any atom is -0.355 e. The van der Waals surface area contributed by atoms with Crippen molar-refractivity contribution >= 4 is 37.8 Å². The largest absolute Gasteiger partial charge is 0.355 e. The van der Waals surface area contributed by atoms with Crippen molar-refractivity contribution in [1.82, 2.24) is 14.9 Å². The summed E-state index contributed by atoms with van der Waals surface area (Å²) in [4.78, 5) is 23.9. The van der Waals surface area contributed by atoms with E-state index in [1.165, 1.54) is 19.2 Å². The number of rotatable bonds is 7. The third-order valence-corrected chi connectivity index (χ3v) is 6.14. The van der Waals surface area contributed by atoms with Crippen LogP contribution in [0.5, 0.6) is 0 Å². The van der Waals surface area contributed by atoms with Gasteiger partial charge in [0.2, 0.25) is 15.9 Å². The van der Waals surface area contributed by atoms with Gasteiger partial charge in [-0.25, -0.2) is 8.42 Å². The van der Waals surface area contributed by atoms with Crippen molar-refractivity contribution in [2.24, 2.45) is 0 Å². The summed E-state index contributed by atoms with van der Waals surface area (Å²) in [6.07, 6.45) is 0. The molecule has 0 unspecified atom stereocenters. The molecule has 0 atom stereocenters. The fourth-order valence-corrected chi connectivity index (χ4v) is 3.69. The number of hydrogen-bond donors (Lipinski definition) is 2. The number of halogens is 1. The van der Waals surface area contributed by atoms with E-state index in [1.807, 2.05) is 0 Å². The van der Waals surface area contributed by atoms with Crippen molar-refractivity contribution in [3.05, 3.63) is 64.1 Å². The number of carbonyl (C=O) groups is 2. The van der Waals surface area contributed by atoms with Crippen molar-refractivity contribution in [2.45, 2.75) is 11.4 Å². The highest BCUT2D eigenvalue weighted by molar-refractivity contribution is 9.10. The Morgan fingerprint density at radius 3 is 2.41 bits per heavy atom. The van der Waals surface area contributed by atoms with E-state index in [-0.39, 0.29) is 23.9 Å². The summed E-state index contributed by atoms with van der Waals surface area (Å²) in [5.41, 5.74) is 1.22. The third kappa shape index (κ3) is 5.62. The molecule has 0 radical (unpaired) electrons. The summed E-state index contributed by atoms with van der Waals surface area (Å²) in [5, 5.41) is 5.19. The lowest BCUT2D eigenvalue weighted by atomic mass is 10.1. The molecule has 9 heteroatoms. The highest BCUT2D eigenvalue weighted by Crippen LogP contribution is 2.17. The van der Waals surface area contributed by atoms with Crippen LogP contribution in [0.15, 0.2) is 57.9 Å². The molecular formula is C18H20BrN3O4S. The van der Waals surface area contributed by atoms with E-state index in [0.717, 1.165) is 14.3 Å². The number of nitrogens with zero attached hydrogens (tertiary/aromatic N) is 1. The molecule has 0 heterocycles. The van der Waals surface area contributed by atoms with Gasteiger partial charge in [0.1, 0.15) is 0 Å². The second-order valence-electron chi connectivity index (χ2n) is 5.77. The Morgan fingerprint density at radius 1 is 1.11 bits per heavy atom. The maximum atomic E-state index is 12.5. The van der Waals surface area contributed by atoms with Gasteiger partial charge in [-0.15, -0.1) is 0 Å². The summed E-state index contributed by atoms with van der Waals surface area (Å²) in [7, 11) is -0.866. The molecule has 7 nitrogen and oxygen atoms in total. The monoisotopic (exact) mass is 453 g/mol. The molecule has 2 rings (SSSR count). The molecule has 27 heavy (non-hydrogen) atoms. The molecule has 0 aliphatic heterocycles. The van der Waals surface area contributed by atoms with E-state index >= 15 is 0 Å². The van der Waals surface area contributed by atoms with Crippen LogP contribution in [-0.4, -0.2) is 45.2 Å². The summed E-state index contributed by atoms with van der Waals surface area (Å²) in [6, 6.07) is 13.0. The zero-order valence-electron chi connectivity index (χ0n) is 14.9. The Balaban J connectivity index is 1.97. The van der Waals surface area contributed by atoms with E-state index in [1.54, 1.807) is 43.4 Å². The Labute approximate surface area is 166 Å². The van der Waals surface area contributed by atoms with Gasteiger partial charge in [-0.05, 0) is 42.0 Å². The molecule has 0 aliphatic rings. The fourth-order valence-electron chi connectivity index (χ4n) is 2.30. The van der Waals surface area contributed by atoms with E-state index in [4.69, 9.17) is 0 Å². The van der Waals surface area contributed by atoms with E-state index < -0.39 is 15.9 Å². The maximum Gasteiger partial charge on any atom is 0.251 e. The second kappa shape index (κ2) is 9.12. The van der Waals surface area contributed by atoms with Crippen LogP contribution in [0, 0.1) is 0 Å². The van der Waals surface area contributed by atoms with Crippen LogP contribution in [0.25, 0.3) is 0 Å². The molecule has 0 aliphatic carbocycles. The highest BCUT2D eigenvalue weighted by Gasteiger charge is 2.22. The summed E-state index contributed by atoms with van der Waals surface area (Å²) < 4.78 is 26.7. The number of sulfonamides is 1. The molecule has 0 saturated heterocycles. The topological polar surface area (TPSA) is 95.6 Å². The predicted molar refractivity (Wildman–Crippen MR) is 106 cm³/mol. The first-order valence-electron chi connectivity index (χ1n) is 8.03. The number of nitrogens with one attached hydrogen (secondary N) is 2. The molecule has 0 spiro atoms. The number of likely N-dealkylation sites (N-methyl/N-ethyl adjacent to an activating group) is 1. The van der Waals surface area contributed by atoms with Crippen molar-refractivity contribution in [1.29, 1.82) is 0 Å².